The molecule has 0 unspecified atom stereocenters. The van der Waals surface area contributed by atoms with E-state index in [1.807, 2.05) is 0 Å². The molecule has 4 fully saturated rings. The molecule has 0 spiro atoms. The average molecular weight is 441 g/mol. The number of hydrogen-bond donors (Lipinski definition) is 2. The quantitative estimate of drug-likeness (QED) is 0.637. The minimum Gasteiger partial charge on any atom is -0.347 e. The molecule has 2 amide bonds. The van der Waals surface area contributed by atoms with Crippen LogP contribution in [0, 0.1) is 17.8 Å². The zero-order valence-corrected chi connectivity index (χ0v) is 19.0. The maximum absolute atomic E-state index is 12.2. The Morgan fingerprint density at radius 1 is 1.10 bits per heavy atom. The molecule has 2 N–H and O–H groups in total. The van der Waals surface area contributed by atoms with E-state index in [4.69, 9.17) is 4.98 Å². The first-order valence-electron chi connectivity index (χ1n) is 10.8. The minimum absolute atomic E-state index is 0. The summed E-state index contributed by atoms with van der Waals surface area (Å²) in [7, 11) is 0. The van der Waals surface area contributed by atoms with Crippen LogP contribution in [-0.4, -0.2) is 47.9 Å². The van der Waals surface area contributed by atoms with Crippen molar-refractivity contribution in [3.05, 3.63) is 11.1 Å². The zero-order valence-electron chi connectivity index (χ0n) is 17.4. The van der Waals surface area contributed by atoms with Crippen LogP contribution in [-0.2, 0) is 15.0 Å². The van der Waals surface area contributed by atoms with Crippen molar-refractivity contribution in [3.8, 4) is 0 Å². The number of thiazole rings is 1. The van der Waals surface area contributed by atoms with Gasteiger partial charge in [-0.1, -0.05) is 13.8 Å². The van der Waals surface area contributed by atoms with E-state index in [1.54, 1.807) is 0 Å². The molecule has 0 saturated heterocycles. The lowest BCUT2D eigenvalue weighted by molar-refractivity contribution is -0.136. The van der Waals surface area contributed by atoms with Gasteiger partial charge in [-0.2, -0.15) is 0 Å². The fraction of sp³-hybridized carbons (Fsp3) is 0.762. The van der Waals surface area contributed by atoms with E-state index < -0.39 is 11.8 Å². The van der Waals surface area contributed by atoms with Crippen LogP contribution in [0.4, 0.5) is 5.13 Å². The third-order valence-electron chi connectivity index (χ3n) is 7.12. The van der Waals surface area contributed by atoms with Gasteiger partial charge in [0.05, 0.1) is 5.69 Å². The lowest BCUT2D eigenvalue weighted by Gasteiger charge is -2.56. The summed E-state index contributed by atoms with van der Waals surface area (Å²) in [6, 6.07) is 0. The van der Waals surface area contributed by atoms with E-state index in [0.29, 0.717) is 11.7 Å². The highest BCUT2D eigenvalue weighted by Gasteiger charge is 2.52. The van der Waals surface area contributed by atoms with Gasteiger partial charge < -0.3 is 10.2 Å². The number of carbonyl (C=O) groups excluding carboxylic acids is 2. The van der Waals surface area contributed by atoms with Gasteiger partial charge in [0.1, 0.15) is 0 Å². The zero-order chi connectivity index (χ0) is 19.7. The first-order valence-corrected chi connectivity index (χ1v) is 11.7. The molecular formula is C21H33ClN4O2S. The van der Waals surface area contributed by atoms with Crippen LogP contribution in [0.15, 0.2) is 5.38 Å². The Morgan fingerprint density at radius 2 is 1.69 bits per heavy atom. The monoisotopic (exact) mass is 440 g/mol. The highest BCUT2D eigenvalue weighted by molar-refractivity contribution is 7.14. The second-order valence-electron chi connectivity index (χ2n) is 8.97. The summed E-state index contributed by atoms with van der Waals surface area (Å²) in [5, 5.41) is 8.07. The molecule has 29 heavy (non-hydrogen) atoms. The number of rotatable bonds is 7. The number of nitrogens with one attached hydrogen (secondary N) is 2. The Labute approximate surface area is 183 Å². The van der Waals surface area contributed by atoms with Crippen molar-refractivity contribution in [2.75, 3.05) is 31.5 Å². The van der Waals surface area contributed by atoms with Gasteiger partial charge in [0, 0.05) is 23.9 Å². The maximum atomic E-state index is 12.2. The van der Waals surface area contributed by atoms with Gasteiger partial charge in [-0.05, 0) is 69.4 Å². The average Bonchev–Trinajstić information content (AvgIpc) is 3.13. The van der Waals surface area contributed by atoms with E-state index >= 15 is 0 Å². The Balaban J connectivity index is 0.00000240. The van der Waals surface area contributed by atoms with Crippen molar-refractivity contribution in [2.45, 2.75) is 57.8 Å². The largest absolute Gasteiger partial charge is 0.347 e. The van der Waals surface area contributed by atoms with Crippen LogP contribution in [0.25, 0.3) is 0 Å². The van der Waals surface area contributed by atoms with Crippen molar-refractivity contribution in [3.63, 3.8) is 0 Å². The summed E-state index contributed by atoms with van der Waals surface area (Å²) in [5.41, 5.74) is 1.37. The summed E-state index contributed by atoms with van der Waals surface area (Å²) >= 11 is 1.45. The molecule has 5 rings (SSSR count). The summed E-state index contributed by atoms with van der Waals surface area (Å²) in [4.78, 5) is 31.2. The SMILES string of the molecule is CCN(CC)CCNC(=O)C(=O)Nc1nc(C23CC4CC(CC(C4)C2)C3)cs1.Cl. The molecule has 0 radical (unpaired) electrons. The molecule has 1 aromatic rings. The molecule has 0 aliphatic heterocycles. The number of likely N-dealkylation sites (N-methyl/N-ethyl adjacent to an activating group) is 1. The van der Waals surface area contributed by atoms with Crippen LogP contribution in [0.5, 0.6) is 0 Å². The second-order valence-corrected chi connectivity index (χ2v) is 9.83. The van der Waals surface area contributed by atoms with Gasteiger partial charge in [0.25, 0.3) is 0 Å². The molecular weight excluding hydrogens is 408 g/mol. The fourth-order valence-corrected chi connectivity index (χ4v) is 6.93. The Bertz CT molecular complexity index is 699. The van der Waals surface area contributed by atoms with Crippen LogP contribution < -0.4 is 10.6 Å². The molecule has 4 aliphatic carbocycles. The molecule has 4 saturated carbocycles. The normalized spacial score (nSPS) is 29.6. The third kappa shape index (κ3) is 4.78. The second kappa shape index (κ2) is 9.31. The highest BCUT2D eigenvalue weighted by atomic mass is 35.5. The van der Waals surface area contributed by atoms with Crippen molar-refractivity contribution in [1.82, 2.24) is 15.2 Å². The van der Waals surface area contributed by atoms with Crippen LogP contribution in [0.1, 0.15) is 58.1 Å². The van der Waals surface area contributed by atoms with Crippen LogP contribution >= 0.6 is 23.7 Å². The first-order chi connectivity index (χ1) is 13.5. The summed E-state index contributed by atoms with van der Waals surface area (Å²) in [6.45, 7) is 7.27. The smallest absolute Gasteiger partial charge is 0.315 e. The standard InChI is InChI=1S/C21H32N4O2S.ClH/c1-3-25(4-2)6-5-22-18(26)19(27)24-20-23-17(13-28-20)21-10-14-7-15(11-21)9-16(8-14)12-21;/h13-16H,3-12H2,1-2H3,(H,22,26)(H,23,24,27);1H. The van der Waals surface area contributed by atoms with Crippen molar-refractivity contribution < 1.29 is 9.59 Å². The molecule has 162 valence electrons. The van der Waals surface area contributed by atoms with E-state index in [9.17, 15) is 9.59 Å². The van der Waals surface area contributed by atoms with Crippen molar-refractivity contribution in [2.24, 2.45) is 17.8 Å². The number of anilines is 1. The van der Waals surface area contributed by atoms with Crippen LogP contribution in [0.3, 0.4) is 0 Å². The Kier molecular flexibility index (Phi) is 7.23. The number of nitrogens with zero attached hydrogens (tertiary/aromatic N) is 2. The van der Waals surface area contributed by atoms with E-state index in [1.165, 1.54) is 49.9 Å². The van der Waals surface area contributed by atoms with Crippen molar-refractivity contribution in [1.29, 1.82) is 0 Å². The Morgan fingerprint density at radius 3 is 2.24 bits per heavy atom. The van der Waals surface area contributed by atoms with E-state index in [-0.39, 0.29) is 17.8 Å². The molecule has 4 bridgehead atoms. The fourth-order valence-electron chi connectivity index (χ4n) is 6.10. The van der Waals surface area contributed by atoms with Crippen LogP contribution in [0.2, 0.25) is 0 Å². The number of aromatic nitrogens is 1. The molecule has 1 aromatic heterocycles. The number of hydrogen-bond acceptors (Lipinski definition) is 5. The predicted octanol–water partition coefficient (Wildman–Crippen LogP) is 3.43. The van der Waals surface area contributed by atoms with Gasteiger partial charge in [0.2, 0.25) is 0 Å². The molecule has 8 heteroatoms. The minimum atomic E-state index is -0.619. The topological polar surface area (TPSA) is 74.3 Å². The van der Waals surface area contributed by atoms with Gasteiger partial charge in [-0.15, -0.1) is 23.7 Å². The predicted molar refractivity (Wildman–Crippen MR) is 119 cm³/mol. The molecule has 0 atom stereocenters. The van der Waals surface area contributed by atoms with Gasteiger partial charge in [-0.3, -0.25) is 14.9 Å². The lowest BCUT2D eigenvalue weighted by Crippen LogP contribution is -2.48. The third-order valence-corrected chi connectivity index (χ3v) is 7.88. The molecule has 0 aromatic carbocycles. The Hall–Kier alpha value is -1.18. The maximum Gasteiger partial charge on any atom is 0.315 e. The highest BCUT2D eigenvalue weighted by Crippen LogP contribution is 2.60. The van der Waals surface area contributed by atoms with Crippen molar-refractivity contribution >= 4 is 40.7 Å². The lowest BCUT2D eigenvalue weighted by atomic mass is 9.49. The number of halogens is 1. The van der Waals surface area contributed by atoms with E-state index in [0.717, 1.165) is 43.1 Å². The molecule has 4 aliphatic rings. The molecule has 1 heterocycles. The number of carbonyl (C=O) groups is 2. The van der Waals surface area contributed by atoms with Gasteiger partial charge in [0.15, 0.2) is 5.13 Å². The summed E-state index contributed by atoms with van der Waals surface area (Å²) in [5.74, 6) is 1.39. The van der Waals surface area contributed by atoms with Gasteiger partial charge >= 0.3 is 11.8 Å². The van der Waals surface area contributed by atoms with Gasteiger partial charge in [-0.25, -0.2) is 4.98 Å². The summed E-state index contributed by atoms with van der Waals surface area (Å²) < 4.78 is 0. The molecule has 6 nitrogen and oxygen atoms in total. The van der Waals surface area contributed by atoms with E-state index in [2.05, 4.69) is 34.8 Å². The first kappa shape index (κ1) is 22.5. The number of amides is 2. The summed E-state index contributed by atoms with van der Waals surface area (Å²) in [6.07, 6.45) is 7.97.